The molecule has 0 radical (unpaired) electrons. The van der Waals surface area contributed by atoms with Gasteiger partial charge in [-0.3, -0.25) is 0 Å². The molecule has 1 aliphatic rings. The third kappa shape index (κ3) is 6.59. The van der Waals surface area contributed by atoms with E-state index in [1.54, 1.807) is 7.11 Å². The van der Waals surface area contributed by atoms with Gasteiger partial charge in [0.2, 0.25) is 0 Å². The molecule has 7 heteroatoms. The van der Waals surface area contributed by atoms with Crippen molar-refractivity contribution in [2.75, 3.05) is 34.4 Å². The van der Waals surface area contributed by atoms with Crippen LogP contribution in [-0.4, -0.2) is 52.8 Å². The lowest BCUT2D eigenvalue weighted by Crippen LogP contribution is -2.41. The van der Waals surface area contributed by atoms with Crippen LogP contribution < -0.4 is 20.1 Å². The number of methoxy groups -OCH3 is 3. The van der Waals surface area contributed by atoms with Crippen molar-refractivity contribution in [3.8, 4) is 11.5 Å². The fourth-order valence-electron chi connectivity index (χ4n) is 3.14. The molecule has 1 atom stereocenters. The lowest BCUT2D eigenvalue weighted by atomic mass is 10.0. The van der Waals surface area contributed by atoms with Gasteiger partial charge in [0.1, 0.15) is 0 Å². The van der Waals surface area contributed by atoms with Crippen molar-refractivity contribution in [1.82, 2.24) is 10.6 Å². The molecule has 0 heterocycles. The topological polar surface area (TPSA) is 78.1 Å². The Labute approximate surface area is 161 Å². The highest BCUT2D eigenvalue weighted by molar-refractivity contribution is 5.73. The molecular formula is C20H32N2O5. The first-order valence-electron chi connectivity index (χ1n) is 9.49. The minimum Gasteiger partial charge on any atom is -0.493 e. The van der Waals surface area contributed by atoms with E-state index in [1.165, 1.54) is 27.1 Å². The molecule has 27 heavy (non-hydrogen) atoms. The Morgan fingerprint density at radius 1 is 1.07 bits per heavy atom. The van der Waals surface area contributed by atoms with Crippen molar-refractivity contribution in [2.45, 2.75) is 50.9 Å². The summed E-state index contributed by atoms with van der Waals surface area (Å²) < 4.78 is 21.7. The Kier molecular flexibility index (Phi) is 8.67. The smallest absolute Gasteiger partial charge is 0.314 e. The van der Waals surface area contributed by atoms with E-state index in [1.807, 2.05) is 18.2 Å². The van der Waals surface area contributed by atoms with Gasteiger partial charge in [-0.1, -0.05) is 13.0 Å². The van der Waals surface area contributed by atoms with Crippen molar-refractivity contribution in [2.24, 2.45) is 0 Å². The van der Waals surface area contributed by atoms with Crippen LogP contribution in [0.2, 0.25) is 0 Å². The van der Waals surface area contributed by atoms with Crippen LogP contribution in [0.1, 0.15) is 44.1 Å². The lowest BCUT2D eigenvalue weighted by Gasteiger charge is -2.19. The van der Waals surface area contributed by atoms with Crippen LogP contribution in [0.15, 0.2) is 18.2 Å². The zero-order chi connectivity index (χ0) is 19.6. The first-order chi connectivity index (χ1) is 13.1. The molecule has 2 N–H and O–H groups in total. The Morgan fingerprint density at radius 3 is 2.37 bits per heavy atom. The van der Waals surface area contributed by atoms with E-state index in [0.717, 1.165) is 29.9 Å². The average Bonchev–Trinajstić information content (AvgIpc) is 3.20. The number of urea groups is 1. The molecule has 0 aliphatic heterocycles. The number of rotatable bonds is 10. The van der Waals surface area contributed by atoms with Gasteiger partial charge in [-0.15, -0.1) is 0 Å². The Bertz CT molecular complexity index is 586. The van der Waals surface area contributed by atoms with E-state index in [-0.39, 0.29) is 24.6 Å². The molecule has 152 valence electrons. The zero-order valence-corrected chi connectivity index (χ0v) is 16.7. The summed E-state index contributed by atoms with van der Waals surface area (Å²) in [4.78, 5) is 11.9. The normalized spacial score (nSPS) is 15.6. The second-order valence-electron chi connectivity index (χ2n) is 6.83. The van der Waals surface area contributed by atoms with Gasteiger partial charge in [-0.25, -0.2) is 4.79 Å². The molecule has 2 amide bonds. The molecule has 2 rings (SSSR count). The second kappa shape index (κ2) is 11.0. The maximum absolute atomic E-state index is 11.9. The van der Waals surface area contributed by atoms with Gasteiger partial charge in [0.15, 0.2) is 17.8 Å². The first kappa shape index (κ1) is 21.3. The van der Waals surface area contributed by atoms with Crippen LogP contribution in [0.25, 0.3) is 0 Å². The van der Waals surface area contributed by atoms with Gasteiger partial charge in [0, 0.05) is 20.8 Å². The fraction of sp³-hybridized carbons (Fsp3) is 0.650. The van der Waals surface area contributed by atoms with Gasteiger partial charge in [0.25, 0.3) is 0 Å². The number of hydrogen-bond acceptors (Lipinski definition) is 5. The lowest BCUT2D eigenvalue weighted by molar-refractivity contribution is -0.0971. The largest absolute Gasteiger partial charge is 0.493 e. The molecule has 1 unspecified atom stereocenters. The molecule has 1 fully saturated rings. The predicted molar refractivity (Wildman–Crippen MR) is 104 cm³/mol. The number of hydrogen-bond donors (Lipinski definition) is 2. The summed E-state index contributed by atoms with van der Waals surface area (Å²) in [5, 5.41) is 5.60. The molecule has 1 saturated carbocycles. The third-order valence-corrected chi connectivity index (χ3v) is 4.88. The van der Waals surface area contributed by atoms with E-state index in [9.17, 15) is 4.79 Å². The van der Waals surface area contributed by atoms with Crippen molar-refractivity contribution >= 4 is 6.03 Å². The number of carbonyl (C=O) groups is 1. The van der Waals surface area contributed by atoms with E-state index in [0.29, 0.717) is 6.54 Å². The van der Waals surface area contributed by atoms with E-state index < -0.39 is 6.29 Å². The minimum atomic E-state index is -0.454. The SMILES string of the molecule is COc1ccc(C(C)CNC(=O)NCC(OC)OC)cc1OC1CCCC1. The molecule has 0 spiro atoms. The van der Waals surface area contributed by atoms with Crippen molar-refractivity contribution < 1.29 is 23.7 Å². The Hall–Kier alpha value is -1.99. The van der Waals surface area contributed by atoms with E-state index in [4.69, 9.17) is 18.9 Å². The molecule has 0 saturated heterocycles. The van der Waals surface area contributed by atoms with E-state index in [2.05, 4.69) is 17.6 Å². The highest BCUT2D eigenvalue weighted by atomic mass is 16.7. The van der Waals surface area contributed by atoms with Crippen molar-refractivity contribution in [3.63, 3.8) is 0 Å². The van der Waals surface area contributed by atoms with Crippen LogP contribution in [0, 0.1) is 0 Å². The van der Waals surface area contributed by atoms with Crippen LogP contribution in [0.4, 0.5) is 4.79 Å². The van der Waals surface area contributed by atoms with Gasteiger partial charge in [-0.2, -0.15) is 0 Å². The first-order valence-corrected chi connectivity index (χ1v) is 9.49. The summed E-state index contributed by atoms with van der Waals surface area (Å²) in [5.74, 6) is 1.66. The molecule has 0 bridgehead atoms. The van der Waals surface area contributed by atoms with Gasteiger partial charge in [-0.05, 0) is 49.3 Å². The average molecular weight is 380 g/mol. The summed E-state index contributed by atoms with van der Waals surface area (Å²) >= 11 is 0. The molecular weight excluding hydrogens is 348 g/mol. The van der Waals surface area contributed by atoms with Crippen LogP contribution in [-0.2, 0) is 9.47 Å². The number of nitrogens with one attached hydrogen (secondary N) is 2. The minimum absolute atomic E-state index is 0.133. The van der Waals surface area contributed by atoms with Crippen molar-refractivity contribution in [3.05, 3.63) is 23.8 Å². The predicted octanol–water partition coefficient (Wildman–Crippen LogP) is 3.04. The summed E-state index contributed by atoms with van der Waals surface area (Å²) in [5.41, 5.74) is 1.09. The Balaban J connectivity index is 1.89. The maximum Gasteiger partial charge on any atom is 0.314 e. The molecule has 7 nitrogen and oxygen atoms in total. The fourth-order valence-corrected chi connectivity index (χ4v) is 3.14. The van der Waals surface area contributed by atoms with Crippen molar-refractivity contribution in [1.29, 1.82) is 0 Å². The number of amides is 2. The molecule has 1 aromatic rings. The molecule has 1 aromatic carbocycles. The summed E-state index contributed by atoms with van der Waals surface area (Å²) in [7, 11) is 4.72. The quantitative estimate of drug-likeness (QED) is 0.610. The zero-order valence-electron chi connectivity index (χ0n) is 16.7. The van der Waals surface area contributed by atoms with Crippen LogP contribution in [0.5, 0.6) is 11.5 Å². The maximum atomic E-state index is 11.9. The highest BCUT2D eigenvalue weighted by Crippen LogP contribution is 2.34. The third-order valence-electron chi connectivity index (χ3n) is 4.88. The van der Waals surface area contributed by atoms with Crippen LogP contribution >= 0.6 is 0 Å². The summed E-state index contributed by atoms with van der Waals surface area (Å²) in [6, 6.07) is 5.71. The Morgan fingerprint density at radius 2 is 1.74 bits per heavy atom. The number of benzene rings is 1. The van der Waals surface area contributed by atoms with Gasteiger partial charge in [0.05, 0.1) is 19.8 Å². The summed E-state index contributed by atoms with van der Waals surface area (Å²) in [6.45, 7) is 2.86. The standard InChI is InChI=1S/C20H32N2O5/c1-14(12-21-20(23)22-13-19(25-3)26-4)15-9-10-17(24-2)18(11-15)27-16-7-5-6-8-16/h9-11,14,16,19H,5-8,12-13H2,1-4H3,(H2,21,22,23). The molecule has 1 aliphatic carbocycles. The monoisotopic (exact) mass is 380 g/mol. The van der Waals surface area contributed by atoms with Gasteiger partial charge < -0.3 is 29.6 Å². The number of ether oxygens (including phenoxy) is 4. The highest BCUT2D eigenvalue weighted by Gasteiger charge is 2.19. The van der Waals surface area contributed by atoms with Gasteiger partial charge >= 0.3 is 6.03 Å². The number of carbonyl (C=O) groups excluding carboxylic acids is 1. The second-order valence-corrected chi connectivity index (χ2v) is 6.83. The van der Waals surface area contributed by atoms with Crippen LogP contribution in [0.3, 0.4) is 0 Å². The molecule has 0 aromatic heterocycles. The summed E-state index contributed by atoms with van der Waals surface area (Å²) in [6.07, 6.45) is 4.43. The van der Waals surface area contributed by atoms with E-state index >= 15 is 0 Å².